The zero-order valence-corrected chi connectivity index (χ0v) is 16.9. The molecule has 0 bridgehead atoms. The van der Waals surface area contributed by atoms with Gasteiger partial charge in [-0.15, -0.1) is 5.10 Å². The minimum Gasteiger partial charge on any atom is -0.466 e. The van der Waals surface area contributed by atoms with Crippen LogP contribution in [0.4, 0.5) is 0 Å². The van der Waals surface area contributed by atoms with Crippen LogP contribution in [0.5, 0.6) is 0 Å². The lowest BCUT2D eigenvalue weighted by molar-refractivity contribution is -0.149. The zero-order chi connectivity index (χ0) is 20.9. The molecule has 1 aromatic heterocycles. The average Bonchev–Trinajstić information content (AvgIpc) is 3.25. The van der Waals surface area contributed by atoms with Crippen LogP contribution in [0.25, 0.3) is 17.1 Å². The summed E-state index contributed by atoms with van der Waals surface area (Å²) < 4.78 is 6.81. The summed E-state index contributed by atoms with van der Waals surface area (Å²) in [6, 6.07) is 19.3. The predicted octanol–water partition coefficient (Wildman–Crippen LogP) is 3.35. The molecule has 0 saturated carbocycles. The molecule has 0 aliphatic carbocycles. The van der Waals surface area contributed by atoms with Crippen molar-refractivity contribution in [2.24, 2.45) is 5.92 Å². The maximum Gasteiger partial charge on any atom is 0.309 e. The van der Waals surface area contributed by atoms with Gasteiger partial charge in [0.2, 0.25) is 5.82 Å². The van der Waals surface area contributed by atoms with Crippen LogP contribution in [0.15, 0.2) is 60.7 Å². The van der Waals surface area contributed by atoms with Crippen LogP contribution in [-0.4, -0.2) is 51.2 Å². The molecular formula is C23H24N4O3. The van der Waals surface area contributed by atoms with Gasteiger partial charge in [0.25, 0.3) is 5.91 Å². The second kappa shape index (κ2) is 8.90. The molecule has 2 heterocycles. The highest BCUT2D eigenvalue weighted by Gasteiger charge is 2.30. The molecule has 1 aliphatic heterocycles. The van der Waals surface area contributed by atoms with Crippen LogP contribution >= 0.6 is 0 Å². The van der Waals surface area contributed by atoms with Crippen LogP contribution in [-0.2, 0) is 9.53 Å². The average molecular weight is 404 g/mol. The normalized spacial score (nSPS) is 14.5. The van der Waals surface area contributed by atoms with Gasteiger partial charge < -0.3 is 9.64 Å². The van der Waals surface area contributed by atoms with Crippen LogP contribution in [0.1, 0.15) is 30.4 Å². The summed E-state index contributed by atoms with van der Waals surface area (Å²) in [6.45, 7) is 3.16. The van der Waals surface area contributed by atoms with E-state index < -0.39 is 0 Å². The Morgan fingerprint density at radius 3 is 2.27 bits per heavy atom. The molecule has 30 heavy (non-hydrogen) atoms. The third-order valence-electron chi connectivity index (χ3n) is 5.23. The molecule has 2 aromatic carbocycles. The summed E-state index contributed by atoms with van der Waals surface area (Å²) >= 11 is 0. The monoisotopic (exact) mass is 404 g/mol. The molecule has 1 fully saturated rings. The van der Waals surface area contributed by atoms with Crippen LogP contribution < -0.4 is 0 Å². The number of amides is 1. The van der Waals surface area contributed by atoms with Crippen LogP contribution in [0.3, 0.4) is 0 Å². The predicted molar refractivity (Wildman–Crippen MR) is 112 cm³/mol. The van der Waals surface area contributed by atoms with Gasteiger partial charge in [-0.3, -0.25) is 9.59 Å². The van der Waals surface area contributed by atoms with Crippen molar-refractivity contribution in [1.82, 2.24) is 19.7 Å². The van der Waals surface area contributed by atoms with Crippen molar-refractivity contribution in [2.45, 2.75) is 19.8 Å². The van der Waals surface area contributed by atoms with Crippen molar-refractivity contribution in [3.05, 3.63) is 66.5 Å². The van der Waals surface area contributed by atoms with Crippen molar-refractivity contribution in [3.63, 3.8) is 0 Å². The lowest BCUT2D eigenvalue weighted by Crippen LogP contribution is -2.41. The lowest BCUT2D eigenvalue weighted by atomic mass is 9.97. The molecule has 0 spiro atoms. The number of nitrogens with zero attached hydrogens (tertiary/aromatic N) is 4. The van der Waals surface area contributed by atoms with Gasteiger partial charge in [-0.2, -0.15) is 0 Å². The first-order chi connectivity index (χ1) is 14.7. The molecule has 0 unspecified atom stereocenters. The maximum absolute atomic E-state index is 13.1. The number of hydrogen-bond acceptors (Lipinski definition) is 5. The Morgan fingerprint density at radius 2 is 1.63 bits per heavy atom. The highest BCUT2D eigenvalue weighted by Crippen LogP contribution is 2.23. The van der Waals surface area contributed by atoms with E-state index in [-0.39, 0.29) is 23.6 Å². The van der Waals surface area contributed by atoms with E-state index in [1.165, 1.54) is 0 Å². The third kappa shape index (κ3) is 4.10. The van der Waals surface area contributed by atoms with Gasteiger partial charge >= 0.3 is 5.97 Å². The highest BCUT2D eigenvalue weighted by molar-refractivity contribution is 5.91. The molecule has 0 atom stereocenters. The van der Waals surface area contributed by atoms with E-state index >= 15 is 0 Å². The van der Waals surface area contributed by atoms with Gasteiger partial charge in [0.15, 0.2) is 5.82 Å². The van der Waals surface area contributed by atoms with Crippen molar-refractivity contribution in [3.8, 4) is 17.1 Å². The summed E-state index contributed by atoms with van der Waals surface area (Å²) in [6.07, 6.45) is 1.19. The molecule has 1 saturated heterocycles. The Bertz CT molecular complexity index is 952. The number of hydrogen-bond donors (Lipinski definition) is 0. The summed E-state index contributed by atoms with van der Waals surface area (Å²) in [7, 11) is 0. The molecular weight excluding hydrogens is 380 g/mol. The number of ether oxygens (including phenoxy) is 1. The fraction of sp³-hybridized carbons (Fsp3) is 0.304. The van der Waals surface area contributed by atoms with E-state index in [0.29, 0.717) is 38.4 Å². The standard InChI is InChI=1S/C23H24N4O3/c1-2-30-23(29)18-13-15-26(16-14-18)22(28)20-24-21(17-9-5-3-6-10-17)27(25-20)19-11-7-4-8-12-19/h3-12,18H,2,13-16H2,1H3. The van der Waals surface area contributed by atoms with Crippen molar-refractivity contribution >= 4 is 11.9 Å². The SMILES string of the molecule is CCOC(=O)C1CCN(C(=O)c2nc(-c3ccccc3)n(-c3ccccc3)n2)CC1. The van der Waals surface area contributed by atoms with Crippen molar-refractivity contribution in [2.75, 3.05) is 19.7 Å². The maximum atomic E-state index is 13.1. The van der Waals surface area contributed by atoms with Gasteiger partial charge in [-0.1, -0.05) is 48.5 Å². The van der Waals surface area contributed by atoms with Gasteiger partial charge in [0.1, 0.15) is 0 Å². The molecule has 3 aromatic rings. The first-order valence-corrected chi connectivity index (χ1v) is 10.2. The molecule has 4 rings (SSSR count). The number of benzene rings is 2. The van der Waals surface area contributed by atoms with E-state index in [1.807, 2.05) is 60.7 Å². The number of para-hydroxylation sites is 1. The zero-order valence-electron chi connectivity index (χ0n) is 16.9. The molecule has 1 aliphatic rings. The number of carbonyl (C=O) groups is 2. The molecule has 0 radical (unpaired) electrons. The van der Waals surface area contributed by atoms with E-state index in [0.717, 1.165) is 11.3 Å². The largest absolute Gasteiger partial charge is 0.466 e. The van der Waals surface area contributed by atoms with E-state index in [2.05, 4.69) is 10.1 Å². The lowest BCUT2D eigenvalue weighted by Gasteiger charge is -2.30. The number of carbonyl (C=O) groups excluding carboxylic acids is 2. The smallest absolute Gasteiger partial charge is 0.309 e. The molecule has 0 N–H and O–H groups in total. The Labute approximate surface area is 175 Å². The number of aromatic nitrogens is 3. The Hall–Kier alpha value is -3.48. The van der Waals surface area contributed by atoms with E-state index in [9.17, 15) is 9.59 Å². The van der Waals surface area contributed by atoms with Crippen LogP contribution in [0.2, 0.25) is 0 Å². The second-order valence-corrected chi connectivity index (χ2v) is 7.19. The Morgan fingerprint density at radius 1 is 1.00 bits per heavy atom. The molecule has 154 valence electrons. The fourth-order valence-electron chi connectivity index (χ4n) is 3.65. The first kappa shape index (κ1) is 19.8. The fourth-order valence-corrected chi connectivity index (χ4v) is 3.65. The third-order valence-corrected chi connectivity index (χ3v) is 5.23. The Kier molecular flexibility index (Phi) is 5.88. The van der Waals surface area contributed by atoms with E-state index in [1.54, 1.807) is 16.5 Å². The van der Waals surface area contributed by atoms with Gasteiger partial charge in [-0.25, -0.2) is 9.67 Å². The molecule has 1 amide bonds. The number of esters is 1. The minimum absolute atomic E-state index is 0.149. The first-order valence-electron chi connectivity index (χ1n) is 10.2. The summed E-state index contributed by atoms with van der Waals surface area (Å²) in [5.74, 6) is 0.231. The number of piperidine rings is 1. The second-order valence-electron chi connectivity index (χ2n) is 7.19. The summed E-state index contributed by atoms with van der Waals surface area (Å²) in [5, 5.41) is 4.54. The van der Waals surface area contributed by atoms with Gasteiger partial charge in [0.05, 0.1) is 18.2 Å². The molecule has 7 heteroatoms. The van der Waals surface area contributed by atoms with E-state index in [4.69, 9.17) is 4.74 Å². The number of likely N-dealkylation sites (tertiary alicyclic amines) is 1. The summed E-state index contributed by atoms with van der Waals surface area (Å²) in [5.41, 5.74) is 1.72. The Balaban J connectivity index is 1.58. The highest BCUT2D eigenvalue weighted by atomic mass is 16.5. The quantitative estimate of drug-likeness (QED) is 0.610. The van der Waals surface area contributed by atoms with Crippen LogP contribution in [0, 0.1) is 5.92 Å². The topological polar surface area (TPSA) is 77.3 Å². The van der Waals surface area contributed by atoms with Crippen molar-refractivity contribution < 1.29 is 14.3 Å². The summed E-state index contributed by atoms with van der Waals surface area (Å²) in [4.78, 5) is 31.4. The minimum atomic E-state index is -0.218. The van der Waals surface area contributed by atoms with Crippen molar-refractivity contribution in [1.29, 1.82) is 0 Å². The van der Waals surface area contributed by atoms with Gasteiger partial charge in [0, 0.05) is 18.7 Å². The number of rotatable bonds is 5. The van der Waals surface area contributed by atoms with Gasteiger partial charge in [-0.05, 0) is 31.9 Å². The molecule has 7 nitrogen and oxygen atoms in total.